The first-order valence-electron chi connectivity index (χ1n) is 5.47. The first kappa shape index (κ1) is 13.5. The molecule has 0 aliphatic carbocycles. The number of carbonyl (C=O) groups is 1. The van der Waals surface area contributed by atoms with E-state index in [2.05, 4.69) is 36.9 Å². The van der Waals surface area contributed by atoms with Crippen LogP contribution in [0, 0.1) is 13.8 Å². The minimum Gasteiger partial charge on any atom is -0.374 e. The predicted molar refractivity (Wildman–Crippen MR) is 67.2 cm³/mol. The fraction of sp³-hybridized carbons (Fsp3) is 0.417. The molecule has 0 amide bonds. The molecule has 0 saturated carbocycles. The van der Waals surface area contributed by atoms with Gasteiger partial charge in [-0.2, -0.15) is 0 Å². The Labute approximate surface area is 101 Å². The molecular weight excluding hydrogens is 218 g/mol. The Morgan fingerprint density at radius 3 is 2.47 bits per heavy atom. The average molecular weight is 237 g/mol. The van der Waals surface area contributed by atoms with Gasteiger partial charge in [-0.05, 0) is 37.1 Å². The maximum atomic E-state index is 11.1. The summed E-state index contributed by atoms with van der Waals surface area (Å²) in [4.78, 5) is 17.6. The van der Waals surface area contributed by atoms with Crippen LogP contribution < -0.4 is 16.3 Å². The molecule has 17 heavy (non-hydrogen) atoms. The lowest BCUT2D eigenvalue weighted by Gasteiger charge is -2.19. The van der Waals surface area contributed by atoms with E-state index < -0.39 is 0 Å². The van der Waals surface area contributed by atoms with Crippen molar-refractivity contribution in [2.24, 2.45) is 5.84 Å². The van der Waals surface area contributed by atoms with Crippen molar-refractivity contribution < 1.29 is 9.63 Å². The van der Waals surface area contributed by atoms with E-state index in [4.69, 9.17) is 5.84 Å². The Morgan fingerprint density at radius 2 is 1.94 bits per heavy atom. The van der Waals surface area contributed by atoms with Crippen LogP contribution in [-0.2, 0) is 9.63 Å². The smallest absolute Gasteiger partial charge is 0.328 e. The molecule has 1 aromatic rings. The van der Waals surface area contributed by atoms with Crippen LogP contribution in [0.4, 0.5) is 5.69 Å². The van der Waals surface area contributed by atoms with E-state index in [0.29, 0.717) is 6.54 Å². The second kappa shape index (κ2) is 6.22. The molecule has 0 radical (unpaired) electrons. The van der Waals surface area contributed by atoms with Gasteiger partial charge in [0.05, 0.1) is 6.42 Å². The fourth-order valence-corrected chi connectivity index (χ4v) is 1.68. The summed E-state index contributed by atoms with van der Waals surface area (Å²) in [7, 11) is 1.94. The molecule has 0 fully saturated rings. The van der Waals surface area contributed by atoms with Crippen molar-refractivity contribution >= 4 is 11.7 Å². The number of nitrogens with one attached hydrogen (secondary N) is 1. The molecule has 0 spiro atoms. The summed E-state index contributed by atoms with van der Waals surface area (Å²) >= 11 is 0. The molecule has 1 aromatic carbocycles. The van der Waals surface area contributed by atoms with Crippen LogP contribution in [0.25, 0.3) is 0 Å². The highest BCUT2D eigenvalue weighted by molar-refractivity contribution is 5.69. The van der Waals surface area contributed by atoms with Crippen molar-refractivity contribution in [3.63, 3.8) is 0 Å². The molecule has 0 bridgehead atoms. The van der Waals surface area contributed by atoms with Gasteiger partial charge in [0.2, 0.25) is 0 Å². The van der Waals surface area contributed by atoms with Crippen LogP contribution in [0.3, 0.4) is 0 Å². The van der Waals surface area contributed by atoms with Crippen molar-refractivity contribution in [1.29, 1.82) is 0 Å². The van der Waals surface area contributed by atoms with Gasteiger partial charge in [0.15, 0.2) is 0 Å². The van der Waals surface area contributed by atoms with E-state index in [-0.39, 0.29) is 12.4 Å². The summed E-state index contributed by atoms with van der Waals surface area (Å²) in [5.41, 5.74) is 5.39. The molecule has 1 rings (SSSR count). The summed E-state index contributed by atoms with van der Waals surface area (Å²) in [5, 5.41) is 0. The van der Waals surface area contributed by atoms with E-state index in [0.717, 1.165) is 5.69 Å². The third kappa shape index (κ3) is 4.42. The minimum atomic E-state index is -0.372. The summed E-state index contributed by atoms with van der Waals surface area (Å²) in [6, 6.07) is 6.28. The number of hydrazine groups is 1. The first-order chi connectivity index (χ1) is 8.02. The van der Waals surface area contributed by atoms with Gasteiger partial charge in [-0.3, -0.25) is 4.79 Å². The van der Waals surface area contributed by atoms with Crippen molar-refractivity contribution in [3.8, 4) is 0 Å². The van der Waals surface area contributed by atoms with Gasteiger partial charge >= 0.3 is 5.97 Å². The molecule has 0 aromatic heterocycles. The lowest BCUT2D eigenvalue weighted by atomic mass is 10.1. The summed E-state index contributed by atoms with van der Waals surface area (Å²) in [5.74, 6) is 4.51. The molecule has 5 nitrogen and oxygen atoms in total. The number of hydrogen-bond donors (Lipinski definition) is 2. The van der Waals surface area contributed by atoms with Crippen LogP contribution in [-0.4, -0.2) is 19.6 Å². The van der Waals surface area contributed by atoms with Gasteiger partial charge in [-0.15, -0.1) is 0 Å². The Morgan fingerprint density at radius 1 is 1.35 bits per heavy atom. The Balaban J connectivity index is 2.57. The summed E-state index contributed by atoms with van der Waals surface area (Å²) < 4.78 is 0. The van der Waals surface area contributed by atoms with Crippen molar-refractivity contribution in [2.75, 3.05) is 18.5 Å². The molecule has 0 heterocycles. The standard InChI is InChI=1S/C12H19N3O2/c1-9-6-10(2)8-11(7-9)15(3)5-4-12(16)17-14-13/h6-8,14H,4-5,13H2,1-3H3. The summed E-state index contributed by atoms with van der Waals surface area (Å²) in [6.07, 6.45) is 0.285. The number of aryl methyl sites for hydroxylation is 2. The van der Waals surface area contributed by atoms with Crippen LogP contribution in [0.5, 0.6) is 0 Å². The number of hydrogen-bond acceptors (Lipinski definition) is 5. The highest BCUT2D eigenvalue weighted by Gasteiger charge is 2.07. The number of rotatable bonds is 5. The maximum absolute atomic E-state index is 11.1. The number of carbonyl (C=O) groups excluding carboxylic acids is 1. The van der Waals surface area contributed by atoms with Crippen molar-refractivity contribution in [1.82, 2.24) is 5.59 Å². The number of benzene rings is 1. The zero-order chi connectivity index (χ0) is 12.8. The number of anilines is 1. The lowest BCUT2D eigenvalue weighted by molar-refractivity contribution is -0.150. The molecule has 5 heteroatoms. The quantitative estimate of drug-likeness (QED) is 0.592. The lowest BCUT2D eigenvalue weighted by Crippen LogP contribution is -2.29. The van der Waals surface area contributed by atoms with Crippen LogP contribution in [0.1, 0.15) is 17.5 Å². The zero-order valence-electron chi connectivity index (χ0n) is 10.5. The molecule has 3 N–H and O–H groups in total. The fourth-order valence-electron chi connectivity index (χ4n) is 1.68. The van der Waals surface area contributed by atoms with Gasteiger partial charge < -0.3 is 9.74 Å². The van der Waals surface area contributed by atoms with Gasteiger partial charge in [-0.1, -0.05) is 11.7 Å². The van der Waals surface area contributed by atoms with Gasteiger partial charge in [0.1, 0.15) is 0 Å². The number of nitrogens with zero attached hydrogens (tertiary/aromatic N) is 1. The van der Waals surface area contributed by atoms with E-state index in [1.807, 2.05) is 17.5 Å². The van der Waals surface area contributed by atoms with E-state index in [1.165, 1.54) is 11.1 Å². The van der Waals surface area contributed by atoms with Gasteiger partial charge in [0, 0.05) is 19.3 Å². The monoisotopic (exact) mass is 237 g/mol. The second-order valence-corrected chi connectivity index (χ2v) is 4.11. The summed E-state index contributed by atoms with van der Waals surface area (Å²) in [6.45, 7) is 4.69. The topological polar surface area (TPSA) is 67.6 Å². The largest absolute Gasteiger partial charge is 0.374 e. The third-order valence-electron chi connectivity index (χ3n) is 2.47. The molecule has 0 saturated heterocycles. The molecular formula is C12H19N3O2. The van der Waals surface area contributed by atoms with Crippen molar-refractivity contribution in [2.45, 2.75) is 20.3 Å². The minimum absolute atomic E-state index is 0.285. The second-order valence-electron chi connectivity index (χ2n) is 4.11. The Hall–Kier alpha value is -1.59. The average Bonchev–Trinajstić information content (AvgIpc) is 2.25. The van der Waals surface area contributed by atoms with Crippen molar-refractivity contribution in [3.05, 3.63) is 29.3 Å². The van der Waals surface area contributed by atoms with Crippen LogP contribution in [0.2, 0.25) is 0 Å². The predicted octanol–water partition coefficient (Wildman–Crippen LogP) is 1.05. The SMILES string of the molecule is Cc1cc(C)cc(N(C)CCC(=O)ONN)c1. The Kier molecular flexibility index (Phi) is 4.93. The highest BCUT2D eigenvalue weighted by atomic mass is 16.7. The van der Waals surface area contributed by atoms with Gasteiger partial charge in [0.25, 0.3) is 0 Å². The number of nitrogens with two attached hydrogens (primary N) is 1. The molecule has 94 valence electrons. The first-order valence-corrected chi connectivity index (χ1v) is 5.47. The van der Waals surface area contributed by atoms with E-state index >= 15 is 0 Å². The molecule has 0 aliphatic heterocycles. The Bertz CT molecular complexity index is 373. The zero-order valence-corrected chi connectivity index (χ0v) is 10.5. The van der Waals surface area contributed by atoms with Crippen LogP contribution in [0.15, 0.2) is 18.2 Å². The van der Waals surface area contributed by atoms with Crippen LogP contribution >= 0.6 is 0 Å². The molecule has 0 aliphatic rings. The highest BCUT2D eigenvalue weighted by Crippen LogP contribution is 2.17. The third-order valence-corrected chi connectivity index (χ3v) is 2.47. The van der Waals surface area contributed by atoms with E-state index in [1.54, 1.807) is 0 Å². The van der Waals surface area contributed by atoms with Gasteiger partial charge in [-0.25, -0.2) is 5.84 Å². The normalized spacial score (nSPS) is 10.1. The molecule has 0 atom stereocenters. The van der Waals surface area contributed by atoms with E-state index in [9.17, 15) is 4.79 Å². The maximum Gasteiger partial charge on any atom is 0.328 e. The molecule has 0 unspecified atom stereocenters.